The normalized spacial score (nSPS) is 20.1. The van der Waals surface area contributed by atoms with Crippen LogP contribution in [0, 0.1) is 6.92 Å². The van der Waals surface area contributed by atoms with Gasteiger partial charge < -0.3 is 0 Å². The first-order valence-electron chi connectivity index (χ1n) is 14.5. The number of aromatic nitrogens is 2. The number of fused-ring (bicyclic) bond motifs is 1. The molecule has 0 spiro atoms. The van der Waals surface area contributed by atoms with E-state index in [4.69, 9.17) is 9.97 Å². The van der Waals surface area contributed by atoms with Crippen LogP contribution in [0.1, 0.15) is 49.6 Å². The van der Waals surface area contributed by atoms with Crippen LogP contribution in [-0.4, -0.2) is 29.1 Å². The molecule has 1 aliphatic heterocycles. The zero-order chi connectivity index (χ0) is 28.6. The van der Waals surface area contributed by atoms with E-state index >= 15 is 0 Å². The molecule has 4 aromatic rings. The van der Waals surface area contributed by atoms with Gasteiger partial charge in [0.25, 0.3) is 0 Å². The fourth-order valence-corrected chi connectivity index (χ4v) is 6.41. The third kappa shape index (κ3) is 5.02. The van der Waals surface area contributed by atoms with Crippen molar-refractivity contribution < 1.29 is 4.79 Å². The summed E-state index contributed by atoms with van der Waals surface area (Å²) in [6, 6.07) is 27.5. The number of urea groups is 1. The van der Waals surface area contributed by atoms with E-state index in [9.17, 15) is 4.79 Å². The van der Waals surface area contributed by atoms with Crippen molar-refractivity contribution in [3.63, 3.8) is 0 Å². The highest BCUT2D eigenvalue weighted by atomic mass is 16.2. The number of allylic oxidation sites excluding steroid dienone is 3. The highest BCUT2D eigenvalue weighted by Crippen LogP contribution is 2.42. The Morgan fingerprint density at radius 2 is 1.61 bits per heavy atom. The van der Waals surface area contributed by atoms with Crippen LogP contribution >= 0.6 is 0 Å². The lowest BCUT2D eigenvalue weighted by atomic mass is 9.97. The van der Waals surface area contributed by atoms with Crippen molar-refractivity contribution >= 4 is 23.0 Å². The number of aryl methyl sites for hydroxylation is 1. The average Bonchev–Trinajstić information content (AvgIpc) is 3.10. The molecule has 1 aromatic heterocycles. The van der Waals surface area contributed by atoms with E-state index in [-0.39, 0.29) is 12.1 Å². The van der Waals surface area contributed by atoms with E-state index in [0.29, 0.717) is 4.48 Å². The van der Waals surface area contributed by atoms with Gasteiger partial charge in [-0.05, 0) is 50.3 Å². The summed E-state index contributed by atoms with van der Waals surface area (Å²) in [5.74, 6) is 0. The Balaban J connectivity index is 1.20. The van der Waals surface area contributed by atoms with Crippen molar-refractivity contribution in [2.75, 3.05) is 12.4 Å². The Morgan fingerprint density at radius 1 is 0.927 bits per heavy atom. The molecule has 1 N–H and O–H groups in total. The van der Waals surface area contributed by atoms with Gasteiger partial charge in [0.05, 0.1) is 29.8 Å². The topological polar surface area (TPSA) is 54.9 Å². The van der Waals surface area contributed by atoms with Gasteiger partial charge in [-0.25, -0.2) is 19.2 Å². The van der Waals surface area contributed by atoms with Crippen molar-refractivity contribution in [1.29, 1.82) is 0 Å². The maximum Gasteiger partial charge on any atom is 0.426 e. The number of nitrogens with one attached hydrogen (secondary N) is 1. The molecule has 2 aliphatic rings. The number of carbonyl (C=O) groups is 1. The highest BCUT2D eigenvalue weighted by molar-refractivity contribution is 6.07. The zero-order valence-corrected chi connectivity index (χ0v) is 24.2. The van der Waals surface area contributed by atoms with Gasteiger partial charge in [0.1, 0.15) is 11.7 Å². The van der Waals surface area contributed by atoms with E-state index in [0.717, 1.165) is 83.0 Å². The first-order valence-corrected chi connectivity index (χ1v) is 14.5. The van der Waals surface area contributed by atoms with E-state index in [1.807, 2.05) is 50.2 Å². The number of amides is 2. The van der Waals surface area contributed by atoms with Gasteiger partial charge in [0.15, 0.2) is 5.69 Å². The van der Waals surface area contributed by atoms with E-state index in [1.54, 1.807) is 0 Å². The van der Waals surface area contributed by atoms with Gasteiger partial charge in [0.2, 0.25) is 0 Å². The van der Waals surface area contributed by atoms with Gasteiger partial charge in [0, 0.05) is 30.0 Å². The van der Waals surface area contributed by atoms with Gasteiger partial charge in [-0.15, -0.1) is 0 Å². The number of benzene rings is 3. The van der Waals surface area contributed by atoms with Gasteiger partial charge in [-0.1, -0.05) is 85.0 Å². The van der Waals surface area contributed by atoms with Crippen LogP contribution in [-0.2, 0) is 6.42 Å². The van der Waals surface area contributed by atoms with E-state index in [2.05, 4.69) is 67.5 Å². The molecule has 0 radical (unpaired) electrons. The molecule has 6 rings (SSSR count). The molecule has 5 nitrogen and oxygen atoms in total. The number of anilines is 1. The molecule has 0 fully saturated rings. The molecule has 3 aromatic carbocycles. The number of hydrogen-bond acceptors (Lipinski definition) is 3. The number of nitrogens with zero attached hydrogens (tertiary/aromatic N) is 3. The summed E-state index contributed by atoms with van der Waals surface area (Å²) < 4.78 is 0.348. The van der Waals surface area contributed by atoms with Crippen molar-refractivity contribution in [2.45, 2.75) is 52.0 Å². The summed E-state index contributed by atoms with van der Waals surface area (Å²) in [7, 11) is 2.08. The monoisotopic (exact) mass is 541 g/mol. The molecule has 41 heavy (non-hydrogen) atoms. The van der Waals surface area contributed by atoms with Crippen LogP contribution in [0.3, 0.4) is 0 Å². The first-order chi connectivity index (χ1) is 19.8. The minimum absolute atomic E-state index is 0.0831. The standard InChI is InChI=1S/C36H36N4O/c1-24(2)33-25(3)37-34(35(39-33)28-12-6-5-7-13-28)29-20-17-27(18-21-29)23-26-11-10-14-30(22-19-26)40(4)32-16-9-8-15-31(32)38-36(40)41/h5-9,11-13,15-18,20-21,30H,1,10,14,19,22-23H2,2-4H3/p+1. The number of para-hydroxylation sites is 2. The van der Waals surface area contributed by atoms with Gasteiger partial charge >= 0.3 is 6.03 Å². The molecule has 0 saturated carbocycles. The maximum absolute atomic E-state index is 13.1. The molecule has 206 valence electrons. The summed E-state index contributed by atoms with van der Waals surface area (Å²) in [5.41, 5.74) is 11.3. The largest absolute Gasteiger partial charge is 0.426 e. The molecule has 5 heteroatoms. The molecule has 2 unspecified atom stereocenters. The number of quaternary nitrogens is 1. The predicted octanol–water partition coefficient (Wildman–Crippen LogP) is 8.75. The summed E-state index contributed by atoms with van der Waals surface area (Å²) in [6.45, 7) is 8.09. The Kier molecular flexibility index (Phi) is 7.14. The first kappa shape index (κ1) is 26.9. The second-order valence-electron chi connectivity index (χ2n) is 11.5. The van der Waals surface area contributed by atoms with Crippen molar-refractivity contribution in [2.24, 2.45) is 0 Å². The van der Waals surface area contributed by atoms with Crippen LogP contribution in [0.2, 0.25) is 0 Å². The lowest BCUT2D eigenvalue weighted by Gasteiger charge is -2.33. The molecule has 2 atom stereocenters. The van der Waals surface area contributed by atoms with Crippen LogP contribution in [0.25, 0.3) is 28.1 Å². The lowest BCUT2D eigenvalue weighted by Crippen LogP contribution is -2.56. The Labute approximate surface area is 242 Å². The van der Waals surface area contributed by atoms with E-state index < -0.39 is 0 Å². The van der Waals surface area contributed by atoms with E-state index in [1.165, 1.54) is 11.1 Å². The molecule has 1 aliphatic carbocycles. The van der Waals surface area contributed by atoms with Crippen LogP contribution in [0.15, 0.2) is 97.1 Å². The van der Waals surface area contributed by atoms with Crippen LogP contribution in [0.5, 0.6) is 0 Å². The Bertz CT molecular complexity index is 1660. The average molecular weight is 542 g/mol. The smallest absolute Gasteiger partial charge is 0.269 e. The third-order valence-corrected chi connectivity index (χ3v) is 8.71. The second-order valence-corrected chi connectivity index (χ2v) is 11.5. The highest BCUT2D eigenvalue weighted by Gasteiger charge is 2.48. The molecule has 0 bridgehead atoms. The van der Waals surface area contributed by atoms with Crippen molar-refractivity contribution in [3.05, 3.63) is 114 Å². The van der Waals surface area contributed by atoms with Gasteiger partial charge in [-0.3, -0.25) is 5.32 Å². The van der Waals surface area contributed by atoms with Gasteiger partial charge in [-0.2, -0.15) is 0 Å². The Hall–Kier alpha value is -4.35. The summed E-state index contributed by atoms with van der Waals surface area (Å²) in [6.07, 6.45) is 7.31. The molecular formula is C36H37N4O+. The molecule has 2 amide bonds. The SMILES string of the molecule is C=C(C)c1nc(-c2ccccc2)c(-c2ccc(CC3=CCCC([N+]4(C)C(=O)Nc5ccccc54)CC3)cc2)nc1C. The fourth-order valence-electron chi connectivity index (χ4n) is 6.41. The van der Waals surface area contributed by atoms with Crippen LogP contribution < -0.4 is 9.80 Å². The molecule has 2 heterocycles. The fraction of sp³-hybridized carbons (Fsp3) is 0.250. The lowest BCUT2D eigenvalue weighted by molar-refractivity contribution is 0.202. The second kappa shape index (κ2) is 10.9. The predicted molar refractivity (Wildman–Crippen MR) is 170 cm³/mol. The maximum atomic E-state index is 13.1. The number of carbonyl (C=O) groups excluding carboxylic acids is 1. The Morgan fingerprint density at radius 3 is 2.37 bits per heavy atom. The third-order valence-electron chi connectivity index (χ3n) is 8.71. The number of hydrogen-bond donors (Lipinski definition) is 1. The zero-order valence-electron chi connectivity index (χ0n) is 24.2. The van der Waals surface area contributed by atoms with Crippen molar-refractivity contribution in [3.8, 4) is 22.5 Å². The minimum Gasteiger partial charge on any atom is -0.269 e. The summed E-state index contributed by atoms with van der Waals surface area (Å²) in [4.78, 5) is 23.1. The quantitative estimate of drug-likeness (QED) is 0.196. The molecular weight excluding hydrogens is 504 g/mol. The minimum atomic E-state index is 0.0831. The number of rotatable bonds is 6. The van der Waals surface area contributed by atoms with Crippen molar-refractivity contribution in [1.82, 2.24) is 14.5 Å². The summed E-state index contributed by atoms with van der Waals surface area (Å²) >= 11 is 0. The van der Waals surface area contributed by atoms with Crippen LogP contribution in [0.4, 0.5) is 16.2 Å². The summed E-state index contributed by atoms with van der Waals surface area (Å²) in [5, 5.41) is 3.10. The molecule has 0 saturated heterocycles.